The fourth-order valence-corrected chi connectivity index (χ4v) is 5.49. The first-order valence-electron chi connectivity index (χ1n) is 11.5. The van der Waals surface area contributed by atoms with Gasteiger partial charge in [-0.3, -0.25) is 14.0 Å². The Morgan fingerprint density at radius 1 is 1.06 bits per heavy atom. The zero-order valence-electron chi connectivity index (χ0n) is 20.4. The Morgan fingerprint density at radius 2 is 1.74 bits per heavy atom. The number of carbonyl (C=O) groups excluding carboxylic acids is 1. The number of nitrogens with zero attached hydrogens (tertiary/aromatic N) is 2. The van der Waals surface area contributed by atoms with Gasteiger partial charge in [0.2, 0.25) is 15.9 Å². The monoisotopic (exact) mass is 489 g/mol. The number of piperidine rings is 1. The first-order valence-corrected chi connectivity index (χ1v) is 13.4. The number of likely N-dealkylation sites (tertiary alicyclic amines) is 1. The Labute approximate surface area is 202 Å². The first kappa shape index (κ1) is 25.8. The number of ether oxygens (including phenoxy) is 2. The van der Waals surface area contributed by atoms with E-state index in [9.17, 15) is 13.2 Å². The Bertz CT molecular complexity index is 1080. The van der Waals surface area contributed by atoms with Crippen LogP contribution in [0.5, 0.6) is 11.5 Å². The highest BCUT2D eigenvalue weighted by molar-refractivity contribution is 7.92. The molecule has 1 amide bonds. The minimum absolute atomic E-state index is 0.248. The predicted octanol–water partition coefficient (Wildman–Crippen LogP) is 3.16. The molecule has 8 nitrogen and oxygen atoms in total. The summed E-state index contributed by atoms with van der Waals surface area (Å²) in [6.07, 6.45) is 4.78. The molecule has 1 N–H and O–H groups in total. The van der Waals surface area contributed by atoms with Crippen molar-refractivity contribution in [1.29, 1.82) is 0 Å². The number of hydrogen-bond acceptors (Lipinski definition) is 6. The number of hydrogen-bond donors (Lipinski definition) is 1. The molecule has 0 saturated carbocycles. The molecule has 1 atom stereocenters. The van der Waals surface area contributed by atoms with E-state index in [0.717, 1.165) is 35.8 Å². The van der Waals surface area contributed by atoms with E-state index in [-0.39, 0.29) is 5.69 Å². The molecule has 1 aliphatic heterocycles. The predicted molar refractivity (Wildman–Crippen MR) is 134 cm³/mol. The SMILES string of the molecule is COc1ccc(OC)c(N([C@@H](C)C(=O)NCc2ccccc2CN2CCCCC2)S(C)(=O)=O)c1. The smallest absolute Gasteiger partial charge is 0.243 e. The average molecular weight is 490 g/mol. The van der Waals surface area contributed by atoms with E-state index in [4.69, 9.17) is 9.47 Å². The molecule has 0 unspecified atom stereocenters. The molecule has 0 radical (unpaired) electrons. The van der Waals surface area contributed by atoms with E-state index in [2.05, 4.69) is 16.3 Å². The van der Waals surface area contributed by atoms with Crippen molar-refractivity contribution in [1.82, 2.24) is 10.2 Å². The van der Waals surface area contributed by atoms with E-state index in [1.165, 1.54) is 39.0 Å². The zero-order valence-corrected chi connectivity index (χ0v) is 21.2. The molecule has 0 bridgehead atoms. The average Bonchev–Trinajstić information content (AvgIpc) is 2.83. The molecule has 34 heavy (non-hydrogen) atoms. The molecule has 1 saturated heterocycles. The third-order valence-electron chi connectivity index (χ3n) is 6.13. The summed E-state index contributed by atoms with van der Waals surface area (Å²) in [6, 6.07) is 11.9. The lowest BCUT2D eigenvalue weighted by Crippen LogP contribution is -2.47. The summed E-state index contributed by atoms with van der Waals surface area (Å²) in [5, 5.41) is 2.93. The van der Waals surface area contributed by atoms with Crippen molar-refractivity contribution in [2.24, 2.45) is 0 Å². The topological polar surface area (TPSA) is 88.2 Å². The van der Waals surface area contributed by atoms with Crippen molar-refractivity contribution in [3.05, 3.63) is 53.6 Å². The highest BCUT2D eigenvalue weighted by Gasteiger charge is 2.31. The molecule has 0 aromatic heterocycles. The Morgan fingerprint density at radius 3 is 2.35 bits per heavy atom. The second-order valence-electron chi connectivity index (χ2n) is 8.60. The number of amides is 1. The summed E-state index contributed by atoms with van der Waals surface area (Å²) >= 11 is 0. The van der Waals surface area contributed by atoms with Crippen molar-refractivity contribution in [3.8, 4) is 11.5 Å². The van der Waals surface area contributed by atoms with Crippen LogP contribution in [-0.2, 0) is 27.9 Å². The number of benzene rings is 2. The quantitative estimate of drug-likeness (QED) is 0.552. The van der Waals surface area contributed by atoms with E-state index in [1.54, 1.807) is 25.1 Å². The fourth-order valence-electron chi connectivity index (χ4n) is 4.32. The van der Waals surface area contributed by atoms with Gasteiger partial charge in [0.25, 0.3) is 0 Å². The summed E-state index contributed by atoms with van der Waals surface area (Å²) < 4.78 is 37.2. The number of anilines is 1. The van der Waals surface area contributed by atoms with Crippen LogP contribution in [-0.4, -0.2) is 58.8 Å². The maximum Gasteiger partial charge on any atom is 0.243 e. The number of nitrogens with one attached hydrogen (secondary N) is 1. The normalized spacial score (nSPS) is 15.4. The lowest BCUT2D eigenvalue weighted by molar-refractivity contribution is -0.122. The van der Waals surface area contributed by atoms with Gasteiger partial charge in [-0.05, 0) is 56.1 Å². The van der Waals surface area contributed by atoms with E-state index >= 15 is 0 Å². The summed E-state index contributed by atoms with van der Waals surface area (Å²) in [4.78, 5) is 15.6. The molecular weight excluding hydrogens is 454 g/mol. The van der Waals surface area contributed by atoms with Crippen LogP contribution in [0.3, 0.4) is 0 Å². The van der Waals surface area contributed by atoms with Crippen LogP contribution in [0, 0.1) is 0 Å². The number of rotatable bonds is 10. The molecule has 1 aliphatic rings. The van der Waals surface area contributed by atoms with Gasteiger partial charge in [0.15, 0.2) is 0 Å². The highest BCUT2D eigenvalue weighted by Crippen LogP contribution is 2.35. The van der Waals surface area contributed by atoms with Crippen molar-refractivity contribution in [3.63, 3.8) is 0 Å². The van der Waals surface area contributed by atoms with Gasteiger partial charge in [0.05, 0.1) is 26.2 Å². The van der Waals surface area contributed by atoms with Crippen molar-refractivity contribution < 1.29 is 22.7 Å². The van der Waals surface area contributed by atoms with Crippen LogP contribution >= 0.6 is 0 Å². The van der Waals surface area contributed by atoms with Crippen LogP contribution in [0.2, 0.25) is 0 Å². The van der Waals surface area contributed by atoms with Gasteiger partial charge in [-0.25, -0.2) is 8.42 Å². The van der Waals surface area contributed by atoms with Gasteiger partial charge >= 0.3 is 0 Å². The summed E-state index contributed by atoms with van der Waals surface area (Å²) in [6.45, 7) is 4.90. The maximum atomic E-state index is 13.1. The Hall–Kier alpha value is -2.78. The molecule has 3 rings (SSSR count). The highest BCUT2D eigenvalue weighted by atomic mass is 32.2. The van der Waals surface area contributed by atoms with E-state index in [0.29, 0.717) is 18.0 Å². The van der Waals surface area contributed by atoms with Crippen LogP contribution in [0.25, 0.3) is 0 Å². The van der Waals surface area contributed by atoms with Crippen molar-refractivity contribution in [2.45, 2.75) is 45.3 Å². The van der Waals surface area contributed by atoms with Crippen LogP contribution < -0.4 is 19.1 Å². The maximum absolute atomic E-state index is 13.1. The summed E-state index contributed by atoms with van der Waals surface area (Å²) in [5.74, 6) is 0.393. The second kappa shape index (κ2) is 11.6. The summed E-state index contributed by atoms with van der Waals surface area (Å²) in [5.41, 5.74) is 2.45. The summed E-state index contributed by atoms with van der Waals surface area (Å²) in [7, 11) is -0.852. The van der Waals surface area contributed by atoms with Crippen molar-refractivity contribution >= 4 is 21.6 Å². The van der Waals surface area contributed by atoms with Gasteiger partial charge in [-0.1, -0.05) is 30.7 Å². The molecule has 1 heterocycles. The first-order chi connectivity index (χ1) is 16.2. The minimum atomic E-state index is -3.80. The molecule has 0 spiro atoms. The molecule has 0 aliphatic carbocycles. The minimum Gasteiger partial charge on any atom is -0.497 e. The number of carbonyl (C=O) groups is 1. The fraction of sp³-hybridized carbons (Fsp3) is 0.480. The van der Waals surface area contributed by atoms with E-state index in [1.807, 2.05) is 18.2 Å². The van der Waals surface area contributed by atoms with E-state index < -0.39 is 22.0 Å². The molecule has 2 aromatic carbocycles. The van der Waals surface area contributed by atoms with Crippen LogP contribution in [0.4, 0.5) is 5.69 Å². The molecule has 186 valence electrons. The molecular formula is C25H35N3O5S. The van der Waals surface area contributed by atoms with Gasteiger partial charge in [-0.15, -0.1) is 0 Å². The lowest BCUT2D eigenvalue weighted by Gasteiger charge is -2.30. The van der Waals surface area contributed by atoms with Crippen molar-refractivity contribution in [2.75, 3.05) is 37.9 Å². The molecule has 2 aromatic rings. The molecule has 9 heteroatoms. The van der Waals surface area contributed by atoms with Gasteiger partial charge in [0, 0.05) is 19.2 Å². The van der Waals surface area contributed by atoms with Crippen LogP contribution in [0.1, 0.15) is 37.3 Å². The third-order valence-corrected chi connectivity index (χ3v) is 7.35. The standard InChI is InChI=1S/C25H35N3O5S/c1-19(28(34(4,30)31)23-16-22(32-2)12-13-24(23)33-3)25(29)26-17-20-10-6-7-11-21(20)18-27-14-8-5-9-15-27/h6-7,10-13,16,19H,5,8-9,14-15,17-18H2,1-4H3,(H,26,29)/t19-/m0/s1. The Kier molecular flexibility index (Phi) is 8.79. The number of methoxy groups -OCH3 is 2. The largest absolute Gasteiger partial charge is 0.497 e. The third kappa shape index (κ3) is 6.42. The van der Waals surface area contributed by atoms with Crippen LogP contribution in [0.15, 0.2) is 42.5 Å². The zero-order chi connectivity index (χ0) is 24.7. The lowest BCUT2D eigenvalue weighted by atomic mass is 10.0. The Balaban J connectivity index is 1.78. The van der Waals surface area contributed by atoms with Gasteiger partial charge in [0.1, 0.15) is 17.5 Å². The van der Waals surface area contributed by atoms with Gasteiger partial charge < -0.3 is 14.8 Å². The second-order valence-corrected chi connectivity index (χ2v) is 10.5. The molecule has 1 fully saturated rings. The number of sulfonamides is 1. The van der Waals surface area contributed by atoms with Gasteiger partial charge in [-0.2, -0.15) is 0 Å².